The van der Waals surface area contributed by atoms with Crippen LogP contribution in [-0.2, 0) is 13.0 Å². The van der Waals surface area contributed by atoms with Crippen molar-refractivity contribution in [3.05, 3.63) is 15.9 Å². The van der Waals surface area contributed by atoms with E-state index in [0.29, 0.717) is 6.04 Å². The van der Waals surface area contributed by atoms with E-state index in [-0.39, 0.29) is 0 Å². The summed E-state index contributed by atoms with van der Waals surface area (Å²) in [5.41, 5.74) is 2.85. The molecule has 1 saturated carbocycles. The molecule has 15 heavy (non-hydrogen) atoms. The van der Waals surface area contributed by atoms with Crippen molar-refractivity contribution in [1.82, 2.24) is 15.1 Å². The molecular formula is C11H16BrN3. The van der Waals surface area contributed by atoms with Crippen LogP contribution in [0.25, 0.3) is 0 Å². The highest BCUT2D eigenvalue weighted by molar-refractivity contribution is 9.10. The Morgan fingerprint density at radius 3 is 2.93 bits per heavy atom. The molecular weight excluding hydrogens is 254 g/mol. The van der Waals surface area contributed by atoms with Gasteiger partial charge in [0.15, 0.2) is 0 Å². The molecule has 0 aromatic carbocycles. The fourth-order valence-corrected chi connectivity index (χ4v) is 3.32. The molecule has 1 aliphatic carbocycles. The van der Waals surface area contributed by atoms with Crippen LogP contribution in [0.5, 0.6) is 0 Å². The van der Waals surface area contributed by atoms with Crippen molar-refractivity contribution < 1.29 is 0 Å². The van der Waals surface area contributed by atoms with Crippen LogP contribution in [0, 0.1) is 0 Å². The summed E-state index contributed by atoms with van der Waals surface area (Å²) in [7, 11) is 0. The Labute approximate surface area is 98.4 Å². The topological polar surface area (TPSA) is 29.9 Å². The van der Waals surface area contributed by atoms with E-state index in [1.807, 2.05) is 0 Å². The second kappa shape index (κ2) is 3.91. The van der Waals surface area contributed by atoms with Crippen molar-refractivity contribution >= 4 is 15.9 Å². The molecule has 0 spiro atoms. The number of hydrogen-bond donors (Lipinski definition) is 1. The molecule has 4 heteroatoms. The molecule has 0 saturated heterocycles. The predicted octanol–water partition coefficient (Wildman–Crippen LogP) is 2.41. The summed E-state index contributed by atoms with van der Waals surface area (Å²) in [6, 6.07) is 0.670. The highest BCUT2D eigenvalue weighted by atomic mass is 79.9. The van der Waals surface area contributed by atoms with Gasteiger partial charge in [-0.25, -0.2) is 0 Å². The van der Waals surface area contributed by atoms with E-state index in [9.17, 15) is 0 Å². The van der Waals surface area contributed by atoms with Gasteiger partial charge in [-0.1, -0.05) is 12.8 Å². The van der Waals surface area contributed by atoms with Crippen LogP contribution in [0.15, 0.2) is 4.60 Å². The quantitative estimate of drug-likeness (QED) is 0.849. The van der Waals surface area contributed by atoms with Crippen molar-refractivity contribution in [2.75, 3.05) is 6.54 Å². The number of fused-ring (bicyclic) bond motifs is 1. The fourth-order valence-electron chi connectivity index (χ4n) is 2.78. The van der Waals surface area contributed by atoms with E-state index >= 15 is 0 Å². The van der Waals surface area contributed by atoms with Gasteiger partial charge in [-0.15, -0.1) is 0 Å². The third-order valence-corrected chi connectivity index (χ3v) is 4.22. The number of rotatable bonds is 1. The van der Waals surface area contributed by atoms with Crippen LogP contribution in [0.3, 0.4) is 0 Å². The highest BCUT2D eigenvalue weighted by Crippen LogP contribution is 2.33. The minimum absolute atomic E-state index is 0.670. The SMILES string of the molecule is Brc1nn(C2CCCC2)c2c1CNCC2. The Morgan fingerprint density at radius 1 is 1.33 bits per heavy atom. The summed E-state index contributed by atoms with van der Waals surface area (Å²) in [5.74, 6) is 0. The minimum atomic E-state index is 0.670. The number of aromatic nitrogens is 2. The van der Waals surface area contributed by atoms with Crippen molar-refractivity contribution in [2.24, 2.45) is 0 Å². The van der Waals surface area contributed by atoms with Crippen molar-refractivity contribution in [3.63, 3.8) is 0 Å². The molecule has 0 atom stereocenters. The molecule has 82 valence electrons. The van der Waals surface area contributed by atoms with Gasteiger partial charge in [0.2, 0.25) is 0 Å². The first-order valence-electron chi connectivity index (χ1n) is 5.83. The minimum Gasteiger partial charge on any atom is -0.312 e. The molecule has 1 fully saturated rings. The van der Waals surface area contributed by atoms with Gasteiger partial charge >= 0.3 is 0 Å². The van der Waals surface area contributed by atoms with Crippen LogP contribution in [0.4, 0.5) is 0 Å². The van der Waals surface area contributed by atoms with Gasteiger partial charge in [0.05, 0.1) is 6.04 Å². The molecule has 0 amide bonds. The summed E-state index contributed by atoms with van der Waals surface area (Å²) in [4.78, 5) is 0. The smallest absolute Gasteiger partial charge is 0.132 e. The van der Waals surface area contributed by atoms with Gasteiger partial charge in [-0.05, 0) is 28.8 Å². The second-order valence-electron chi connectivity index (χ2n) is 4.53. The standard InChI is InChI=1S/C11H16BrN3/c12-11-9-7-13-6-5-10(9)15(14-11)8-3-1-2-4-8/h8,13H,1-7H2. The summed E-state index contributed by atoms with van der Waals surface area (Å²) in [6.07, 6.45) is 6.50. The van der Waals surface area contributed by atoms with Crippen LogP contribution >= 0.6 is 15.9 Å². The summed E-state index contributed by atoms with van der Waals surface area (Å²) >= 11 is 3.58. The second-order valence-corrected chi connectivity index (χ2v) is 5.28. The van der Waals surface area contributed by atoms with E-state index < -0.39 is 0 Å². The predicted molar refractivity (Wildman–Crippen MR) is 62.8 cm³/mol. The molecule has 3 rings (SSSR count). The number of nitrogens with one attached hydrogen (secondary N) is 1. The molecule has 3 nitrogen and oxygen atoms in total. The van der Waals surface area contributed by atoms with Crippen LogP contribution in [0.1, 0.15) is 43.0 Å². The van der Waals surface area contributed by atoms with Gasteiger partial charge in [0.1, 0.15) is 4.60 Å². The first-order chi connectivity index (χ1) is 7.36. The average Bonchev–Trinajstić information content (AvgIpc) is 2.87. The number of nitrogens with zero attached hydrogens (tertiary/aromatic N) is 2. The van der Waals surface area contributed by atoms with E-state index in [2.05, 4.69) is 31.0 Å². The summed E-state index contributed by atoms with van der Waals surface area (Å²) in [5, 5.41) is 8.07. The zero-order chi connectivity index (χ0) is 10.3. The third kappa shape index (κ3) is 1.64. The van der Waals surface area contributed by atoms with E-state index in [4.69, 9.17) is 0 Å². The lowest BCUT2D eigenvalue weighted by Crippen LogP contribution is -2.25. The molecule has 0 bridgehead atoms. The fraction of sp³-hybridized carbons (Fsp3) is 0.727. The lowest BCUT2D eigenvalue weighted by atomic mass is 10.1. The Bertz CT molecular complexity index is 366. The van der Waals surface area contributed by atoms with Crippen LogP contribution < -0.4 is 5.32 Å². The van der Waals surface area contributed by atoms with E-state index in [1.54, 1.807) is 0 Å². The largest absolute Gasteiger partial charge is 0.312 e. The highest BCUT2D eigenvalue weighted by Gasteiger charge is 2.25. The van der Waals surface area contributed by atoms with Crippen molar-refractivity contribution in [3.8, 4) is 0 Å². The Kier molecular flexibility index (Phi) is 2.56. The zero-order valence-electron chi connectivity index (χ0n) is 8.80. The molecule has 0 radical (unpaired) electrons. The lowest BCUT2D eigenvalue weighted by Gasteiger charge is -2.18. The maximum absolute atomic E-state index is 4.67. The first kappa shape index (κ1) is 9.85. The first-order valence-corrected chi connectivity index (χ1v) is 6.62. The van der Waals surface area contributed by atoms with Gasteiger partial charge < -0.3 is 5.32 Å². The third-order valence-electron chi connectivity index (χ3n) is 3.58. The average molecular weight is 270 g/mol. The Hall–Kier alpha value is -0.350. The maximum Gasteiger partial charge on any atom is 0.132 e. The molecule has 2 aliphatic rings. The molecule has 2 heterocycles. The van der Waals surface area contributed by atoms with Crippen molar-refractivity contribution in [2.45, 2.75) is 44.7 Å². The van der Waals surface area contributed by atoms with Crippen LogP contribution in [0.2, 0.25) is 0 Å². The van der Waals surface area contributed by atoms with Gasteiger partial charge in [0, 0.05) is 30.8 Å². The van der Waals surface area contributed by atoms with Gasteiger partial charge in [-0.3, -0.25) is 4.68 Å². The van der Waals surface area contributed by atoms with E-state index in [1.165, 1.54) is 36.9 Å². The zero-order valence-corrected chi connectivity index (χ0v) is 10.4. The van der Waals surface area contributed by atoms with E-state index in [0.717, 1.165) is 24.1 Å². The number of halogens is 1. The molecule has 0 unspecified atom stereocenters. The van der Waals surface area contributed by atoms with Gasteiger partial charge in [-0.2, -0.15) is 5.10 Å². The lowest BCUT2D eigenvalue weighted by molar-refractivity contribution is 0.440. The Balaban J connectivity index is 1.99. The normalized spacial score (nSPS) is 21.9. The molecule has 1 aromatic rings. The summed E-state index contributed by atoms with van der Waals surface area (Å²) in [6.45, 7) is 2.07. The van der Waals surface area contributed by atoms with Crippen LogP contribution in [-0.4, -0.2) is 16.3 Å². The molecule has 1 aromatic heterocycles. The van der Waals surface area contributed by atoms with Crippen molar-refractivity contribution in [1.29, 1.82) is 0 Å². The molecule has 1 aliphatic heterocycles. The summed E-state index contributed by atoms with van der Waals surface area (Å²) < 4.78 is 3.35. The number of hydrogen-bond acceptors (Lipinski definition) is 2. The molecule has 1 N–H and O–H groups in total. The Morgan fingerprint density at radius 2 is 2.13 bits per heavy atom. The van der Waals surface area contributed by atoms with Gasteiger partial charge in [0.25, 0.3) is 0 Å². The maximum atomic E-state index is 4.67. The monoisotopic (exact) mass is 269 g/mol.